The van der Waals surface area contributed by atoms with E-state index < -0.39 is 20.3 Å². The SMILES string of the molecule is CNc1cc(C(CO)SC(CO)c2ccc([N+](=O)[O-])c(NC)c2)ccc1[N+](=O)[O-]. The third-order valence-electron chi connectivity index (χ3n) is 4.38. The number of hydrogen-bond acceptors (Lipinski definition) is 9. The second kappa shape index (κ2) is 10.0. The Morgan fingerprint density at radius 1 is 0.862 bits per heavy atom. The Morgan fingerprint density at radius 2 is 1.24 bits per heavy atom. The molecular formula is C18H22N4O6S. The van der Waals surface area contributed by atoms with Crippen molar-refractivity contribution < 1.29 is 20.1 Å². The van der Waals surface area contributed by atoms with Crippen molar-refractivity contribution in [2.45, 2.75) is 10.5 Å². The van der Waals surface area contributed by atoms with Crippen LogP contribution in [-0.2, 0) is 0 Å². The van der Waals surface area contributed by atoms with Crippen LogP contribution in [0.1, 0.15) is 21.6 Å². The average Bonchev–Trinajstić information content (AvgIpc) is 2.73. The van der Waals surface area contributed by atoms with Crippen LogP contribution in [0.2, 0.25) is 0 Å². The van der Waals surface area contributed by atoms with Crippen LogP contribution in [0.5, 0.6) is 0 Å². The molecule has 0 aliphatic rings. The number of nitro groups is 2. The smallest absolute Gasteiger partial charge is 0.292 e. The highest BCUT2D eigenvalue weighted by Crippen LogP contribution is 2.43. The molecule has 0 saturated carbocycles. The molecule has 2 unspecified atom stereocenters. The summed E-state index contributed by atoms with van der Waals surface area (Å²) in [6.45, 7) is -0.512. The number of anilines is 2. The van der Waals surface area contributed by atoms with Crippen LogP contribution in [0.4, 0.5) is 22.7 Å². The van der Waals surface area contributed by atoms with Crippen molar-refractivity contribution in [1.29, 1.82) is 0 Å². The van der Waals surface area contributed by atoms with Crippen molar-refractivity contribution in [3.05, 3.63) is 67.8 Å². The highest BCUT2D eigenvalue weighted by molar-refractivity contribution is 7.99. The van der Waals surface area contributed by atoms with Crippen molar-refractivity contribution in [2.24, 2.45) is 0 Å². The van der Waals surface area contributed by atoms with Crippen molar-refractivity contribution in [2.75, 3.05) is 37.9 Å². The molecule has 2 rings (SSSR count). The minimum atomic E-state index is -0.497. The fourth-order valence-corrected chi connectivity index (χ4v) is 4.06. The third kappa shape index (κ3) is 5.13. The van der Waals surface area contributed by atoms with E-state index in [0.29, 0.717) is 22.5 Å². The molecule has 2 aromatic carbocycles. The number of aliphatic hydroxyl groups is 2. The van der Waals surface area contributed by atoms with Gasteiger partial charge < -0.3 is 20.8 Å². The zero-order valence-electron chi connectivity index (χ0n) is 15.9. The number of hydrogen-bond donors (Lipinski definition) is 4. The molecule has 0 fully saturated rings. The zero-order valence-corrected chi connectivity index (χ0v) is 16.7. The molecule has 29 heavy (non-hydrogen) atoms. The lowest BCUT2D eigenvalue weighted by molar-refractivity contribution is -0.384. The monoisotopic (exact) mass is 422 g/mol. The van der Waals surface area contributed by atoms with Crippen LogP contribution in [0, 0.1) is 20.2 Å². The molecule has 0 bridgehead atoms. The van der Waals surface area contributed by atoms with Crippen LogP contribution >= 0.6 is 11.8 Å². The van der Waals surface area contributed by atoms with Gasteiger partial charge in [0.05, 0.1) is 33.6 Å². The second-order valence-corrected chi connectivity index (χ2v) is 7.46. The predicted octanol–water partition coefficient (Wildman–Crippen LogP) is 3.09. The summed E-state index contributed by atoms with van der Waals surface area (Å²) in [6.07, 6.45) is 0. The summed E-state index contributed by atoms with van der Waals surface area (Å²) in [5, 5.41) is 46.6. The van der Waals surface area contributed by atoms with Crippen LogP contribution in [-0.4, -0.2) is 47.4 Å². The van der Waals surface area contributed by atoms with E-state index in [2.05, 4.69) is 10.6 Å². The highest BCUT2D eigenvalue weighted by Gasteiger charge is 2.24. The lowest BCUT2D eigenvalue weighted by atomic mass is 10.1. The number of nitrogens with zero attached hydrogens (tertiary/aromatic N) is 2. The maximum absolute atomic E-state index is 11.1. The number of benzene rings is 2. The summed E-state index contributed by atoms with van der Waals surface area (Å²) in [7, 11) is 3.14. The topological polar surface area (TPSA) is 151 Å². The van der Waals surface area contributed by atoms with E-state index in [0.717, 1.165) is 0 Å². The first kappa shape index (κ1) is 22.4. The molecule has 0 spiro atoms. The Bertz CT molecular complexity index is 823. The summed E-state index contributed by atoms with van der Waals surface area (Å²) in [5.41, 5.74) is 1.79. The van der Waals surface area contributed by atoms with Crippen LogP contribution in [0.3, 0.4) is 0 Å². The van der Waals surface area contributed by atoms with E-state index >= 15 is 0 Å². The number of rotatable bonds is 10. The van der Waals surface area contributed by atoms with Crippen molar-refractivity contribution in [1.82, 2.24) is 0 Å². The number of thioether (sulfide) groups is 1. The Balaban J connectivity index is 2.33. The summed E-state index contributed by atoms with van der Waals surface area (Å²) >= 11 is 1.27. The number of aliphatic hydroxyl groups excluding tert-OH is 2. The van der Waals surface area contributed by atoms with Gasteiger partial charge in [0.25, 0.3) is 11.4 Å². The van der Waals surface area contributed by atoms with E-state index in [4.69, 9.17) is 0 Å². The Labute approximate surface area is 171 Å². The summed E-state index contributed by atoms with van der Waals surface area (Å²) in [6, 6.07) is 9.05. The highest BCUT2D eigenvalue weighted by atomic mass is 32.2. The molecule has 4 N–H and O–H groups in total. The minimum absolute atomic E-state index is 0.0781. The van der Waals surface area contributed by atoms with Crippen molar-refractivity contribution in [3.63, 3.8) is 0 Å². The van der Waals surface area contributed by atoms with E-state index in [-0.39, 0.29) is 24.6 Å². The molecule has 11 heteroatoms. The third-order valence-corrected chi connectivity index (χ3v) is 5.88. The second-order valence-electron chi connectivity index (χ2n) is 6.05. The van der Waals surface area contributed by atoms with Crippen molar-refractivity contribution in [3.8, 4) is 0 Å². The van der Waals surface area contributed by atoms with Crippen LogP contribution < -0.4 is 10.6 Å². The number of nitro benzene ring substituents is 2. The van der Waals surface area contributed by atoms with E-state index in [1.807, 2.05) is 0 Å². The molecule has 0 aromatic heterocycles. The fourth-order valence-electron chi connectivity index (χ4n) is 2.88. The lowest BCUT2D eigenvalue weighted by Gasteiger charge is -2.22. The van der Waals surface area contributed by atoms with Gasteiger partial charge in [-0.2, -0.15) is 0 Å². The van der Waals surface area contributed by atoms with Gasteiger partial charge in [-0.25, -0.2) is 0 Å². The van der Waals surface area contributed by atoms with Crippen LogP contribution in [0.15, 0.2) is 36.4 Å². The average molecular weight is 422 g/mol. The normalized spacial score (nSPS) is 12.8. The maximum Gasteiger partial charge on any atom is 0.292 e. The maximum atomic E-state index is 11.1. The first-order valence-electron chi connectivity index (χ1n) is 8.65. The van der Waals surface area contributed by atoms with Gasteiger partial charge >= 0.3 is 0 Å². The molecule has 2 aromatic rings. The molecule has 0 saturated heterocycles. The Morgan fingerprint density at radius 3 is 1.52 bits per heavy atom. The molecule has 0 radical (unpaired) electrons. The lowest BCUT2D eigenvalue weighted by Crippen LogP contribution is -2.09. The van der Waals surface area contributed by atoms with Crippen molar-refractivity contribution >= 4 is 34.5 Å². The van der Waals surface area contributed by atoms with Gasteiger partial charge in [0, 0.05) is 26.2 Å². The van der Waals surface area contributed by atoms with Crippen LogP contribution in [0.25, 0.3) is 0 Å². The molecule has 156 valence electrons. The molecule has 0 heterocycles. The largest absolute Gasteiger partial charge is 0.395 e. The van der Waals surface area contributed by atoms with E-state index in [9.17, 15) is 30.4 Å². The molecule has 0 aliphatic carbocycles. The van der Waals surface area contributed by atoms with Gasteiger partial charge in [0.1, 0.15) is 11.4 Å². The fraction of sp³-hybridized carbons (Fsp3) is 0.333. The van der Waals surface area contributed by atoms with Gasteiger partial charge in [-0.3, -0.25) is 20.2 Å². The minimum Gasteiger partial charge on any atom is -0.395 e. The van der Waals surface area contributed by atoms with Gasteiger partial charge in [-0.05, 0) is 23.3 Å². The Kier molecular flexibility index (Phi) is 7.76. The predicted molar refractivity (Wildman–Crippen MR) is 113 cm³/mol. The quantitative estimate of drug-likeness (QED) is 0.334. The first-order valence-corrected chi connectivity index (χ1v) is 9.59. The number of nitrogens with one attached hydrogen (secondary N) is 2. The summed E-state index contributed by atoms with van der Waals surface area (Å²) in [4.78, 5) is 21.2. The summed E-state index contributed by atoms with van der Waals surface area (Å²) in [5.74, 6) is 0. The molecular weight excluding hydrogens is 400 g/mol. The molecule has 2 atom stereocenters. The van der Waals surface area contributed by atoms with Gasteiger partial charge in [0.2, 0.25) is 0 Å². The standard InChI is InChI=1S/C18H22N4O6S/c1-19-13-7-11(3-5-15(13)21(25)26)17(9-23)29-18(10-24)12-4-6-16(22(27)28)14(8-12)20-2/h3-8,17-20,23-24H,9-10H2,1-2H3. The molecule has 10 nitrogen and oxygen atoms in total. The molecule has 0 aliphatic heterocycles. The Hall–Kier alpha value is -2.89. The van der Waals surface area contributed by atoms with E-state index in [1.54, 1.807) is 38.4 Å². The van der Waals surface area contributed by atoms with Gasteiger partial charge in [-0.15, -0.1) is 11.8 Å². The molecule has 0 amide bonds. The summed E-state index contributed by atoms with van der Waals surface area (Å²) < 4.78 is 0. The van der Waals surface area contributed by atoms with E-state index in [1.165, 1.54) is 23.9 Å². The van der Waals surface area contributed by atoms with Gasteiger partial charge in [-0.1, -0.05) is 12.1 Å². The zero-order chi connectivity index (χ0) is 21.6. The van der Waals surface area contributed by atoms with Gasteiger partial charge in [0.15, 0.2) is 0 Å². The first-order chi connectivity index (χ1) is 13.9.